The molecule has 2 aromatic rings. The van der Waals surface area contributed by atoms with Gasteiger partial charge in [0.1, 0.15) is 23.0 Å². The maximum atomic E-state index is 10.5. The summed E-state index contributed by atoms with van der Waals surface area (Å²) in [7, 11) is 0. The Morgan fingerprint density at radius 1 is 1.00 bits per heavy atom. The van der Waals surface area contributed by atoms with E-state index in [1.807, 2.05) is 39.0 Å². The van der Waals surface area contributed by atoms with Crippen molar-refractivity contribution in [1.29, 1.82) is 0 Å². The Kier molecular flexibility index (Phi) is 7.93. The van der Waals surface area contributed by atoms with Gasteiger partial charge in [0.05, 0.1) is 13.2 Å². The molecule has 0 bridgehead atoms. The molecule has 0 saturated carbocycles. The third kappa shape index (κ3) is 5.28. The molecule has 0 aromatic heterocycles. The van der Waals surface area contributed by atoms with Gasteiger partial charge in [-0.15, -0.1) is 0 Å². The van der Waals surface area contributed by atoms with Gasteiger partial charge in [-0.2, -0.15) is 0 Å². The van der Waals surface area contributed by atoms with E-state index in [1.165, 1.54) is 0 Å². The highest BCUT2D eigenvalue weighted by Crippen LogP contribution is 2.35. The van der Waals surface area contributed by atoms with E-state index < -0.39 is 0 Å². The van der Waals surface area contributed by atoms with Crippen molar-refractivity contribution in [3.05, 3.63) is 53.6 Å². The van der Waals surface area contributed by atoms with E-state index in [9.17, 15) is 9.90 Å². The highest BCUT2D eigenvalue weighted by Gasteiger charge is 2.11. The van der Waals surface area contributed by atoms with Crippen molar-refractivity contribution in [1.82, 2.24) is 0 Å². The predicted octanol–water partition coefficient (Wildman–Crippen LogP) is 5.21. The number of benzene rings is 2. The van der Waals surface area contributed by atoms with Gasteiger partial charge in [-0.1, -0.05) is 19.6 Å². The largest absolute Gasteiger partial charge is 0.507 e. The van der Waals surface area contributed by atoms with E-state index in [-0.39, 0.29) is 5.75 Å². The van der Waals surface area contributed by atoms with Crippen molar-refractivity contribution in [3.8, 4) is 23.0 Å². The second-order valence-electron chi connectivity index (χ2n) is 6.54. The molecule has 5 nitrogen and oxygen atoms in total. The summed E-state index contributed by atoms with van der Waals surface area (Å²) in [5.41, 5.74) is 3.20. The second kappa shape index (κ2) is 10.4. The Bertz CT molecular complexity index is 826. The number of hydrogen-bond acceptors (Lipinski definition) is 5. The van der Waals surface area contributed by atoms with Crippen LogP contribution in [-0.2, 0) is 4.79 Å². The van der Waals surface area contributed by atoms with E-state index in [4.69, 9.17) is 14.2 Å². The lowest BCUT2D eigenvalue weighted by atomic mass is 10.0. The van der Waals surface area contributed by atoms with Crippen LogP contribution in [0.3, 0.4) is 0 Å². The smallest absolute Gasteiger partial charge is 0.298 e. The average molecular weight is 384 g/mol. The molecule has 150 valence electrons. The molecule has 0 aliphatic heterocycles. The number of phenols is 1. The lowest BCUT2D eigenvalue weighted by molar-refractivity contribution is -0.120. The minimum atomic E-state index is 0.237. The number of phenolic OH excluding ortho intramolecular Hbond substituents is 1. The van der Waals surface area contributed by atoms with Gasteiger partial charge in [-0.05, 0) is 62.9 Å². The molecule has 0 atom stereocenters. The fraction of sp³-hybridized carbons (Fsp3) is 0.348. The molecule has 2 rings (SSSR count). The highest BCUT2D eigenvalue weighted by atomic mass is 16.5. The van der Waals surface area contributed by atoms with Crippen LogP contribution in [0, 0.1) is 13.8 Å². The first-order chi connectivity index (χ1) is 13.5. The summed E-state index contributed by atoms with van der Waals surface area (Å²) in [6.45, 7) is 11.2. The van der Waals surface area contributed by atoms with Crippen molar-refractivity contribution in [2.45, 2.75) is 40.0 Å². The molecule has 0 fully saturated rings. The van der Waals surface area contributed by atoms with Crippen LogP contribution in [0.5, 0.6) is 23.0 Å². The Morgan fingerprint density at radius 3 is 2.21 bits per heavy atom. The van der Waals surface area contributed by atoms with E-state index in [0.717, 1.165) is 41.5 Å². The Labute approximate surface area is 166 Å². The zero-order valence-electron chi connectivity index (χ0n) is 16.8. The van der Waals surface area contributed by atoms with Crippen LogP contribution >= 0.6 is 0 Å². The van der Waals surface area contributed by atoms with Gasteiger partial charge in [0, 0.05) is 16.7 Å². The second-order valence-corrected chi connectivity index (χ2v) is 6.54. The van der Waals surface area contributed by atoms with Gasteiger partial charge in [0.25, 0.3) is 6.47 Å². The highest BCUT2D eigenvalue weighted by molar-refractivity contribution is 5.71. The first kappa shape index (κ1) is 21.4. The number of aromatic hydroxyl groups is 1. The summed E-state index contributed by atoms with van der Waals surface area (Å²) in [5, 5.41) is 10.3. The minimum absolute atomic E-state index is 0.237. The van der Waals surface area contributed by atoms with Crippen LogP contribution in [0.2, 0.25) is 0 Å². The number of allylic oxidation sites excluding steroid dienone is 1. The Morgan fingerprint density at radius 2 is 1.61 bits per heavy atom. The third-order valence-corrected chi connectivity index (χ3v) is 4.65. The standard InChI is InChI=1S/C23H28O5/c1-5-16(2)19-11-12-22(18(4)23(19)25)27-14-7-6-13-26-20-9-8-10-21(17(20)3)28-15-24/h8-12,15,25H,2,5-7,13-14H2,1,3-4H3. The molecule has 5 heteroatoms. The summed E-state index contributed by atoms with van der Waals surface area (Å²) < 4.78 is 16.5. The van der Waals surface area contributed by atoms with Gasteiger partial charge >= 0.3 is 0 Å². The van der Waals surface area contributed by atoms with Gasteiger partial charge in [0.2, 0.25) is 0 Å². The van der Waals surface area contributed by atoms with Crippen LogP contribution in [0.4, 0.5) is 0 Å². The SMILES string of the molecule is C=C(CC)c1ccc(OCCCCOc2cccc(OC=O)c2C)c(C)c1O. The molecule has 0 saturated heterocycles. The lowest BCUT2D eigenvalue weighted by Crippen LogP contribution is -2.04. The lowest BCUT2D eigenvalue weighted by Gasteiger charge is -2.14. The van der Waals surface area contributed by atoms with Crippen molar-refractivity contribution < 1.29 is 24.1 Å². The Hall–Kier alpha value is -2.95. The molecular formula is C23H28O5. The molecule has 0 unspecified atom stereocenters. The van der Waals surface area contributed by atoms with Crippen molar-refractivity contribution in [3.63, 3.8) is 0 Å². The first-order valence-electron chi connectivity index (χ1n) is 9.45. The molecule has 0 heterocycles. The van der Waals surface area contributed by atoms with Gasteiger partial charge < -0.3 is 19.3 Å². The van der Waals surface area contributed by atoms with Gasteiger partial charge in [-0.25, -0.2) is 0 Å². The monoisotopic (exact) mass is 384 g/mol. The van der Waals surface area contributed by atoms with Crippen molar-refractivity contribution in [2.75, 3.05) is 13.2 Å². The van der Waals surface area contributed by atoms with Crippen LogP contribution < -0.4 is 14.2 Å². The van der Waals surface area contributed by atoms with E-state index in [1.54, 1.807) is 12.1 Å². The average Bonchev–Trinajstić information content (AvgIpc) is 2.69. The third-order valence-electron chi connectivity index (χ3n) is 4.65. The minimum Gasteiger partial charge on any atom is -0.507 e. The number of carbonyl (C=O) groups excluding carboxylic acids is 1. The van der Waals surface area contributed by atoms with Crippen LogP contribution in [-0.4, -0.2) is 24.8 Å². The Balaban J connectivity index is 1.80. The van der Waals surface area contributed by atoms with Crippen LogP contribution in [0.1, 0.15) is 42.9 Å². The number of ether oxygens (including phenoxy) is 3. The molecule has 1 N–H and O–H groups in total. The maximum Gasteiger partial charge on any atom is 0.298 e. The molecule has 0 aliphatic rings. The normalized spacial score (nSPS) is 10.4. The topological polar surface area (TPSA) is 65.0 Å². The van der Waals surface area contributed by atoms with Crippen LogP contribution in [0.25, 0.3) is 5.57 Å². The van der Waals surface area contributed by atoms with E-state index in [0.29, 0.717) is 36.9 Å². The van der Waals surface area contributed by atoms with Gasteiger partial charge in [0.15, 0.2) is 0 Å². The van der Waals surface area contributed by atoms with Crippen molar-refractivity contribution in [2.24, 2.45) is 0 Å². The molecule has 28 heavy (non-hydrogen) atoms. The van der Waals surface area contributed by atoms with Crippen LogP contribution in [0.15, 0.2) is 36.9 Å². The number of carbonyl (C=O) groups is 1. The summed E-state index contributed by atoms with van der Waals surface area (Å²) >= 11 is 0. The zero-order chi connectivity index (χ0) is 20.5. The number of unbranched alkanes of at least 4 members (excludes halogenated alkanes) is 1. The molecule has 0 aliphatic carbocycles. The van der Waals surface area contributed by atoms with E-state index in [2.05, 4.69) is 6.58 Å². The summed E-state index contributed by atoms with van der Waals surface area (Å²) in [5.74, 6) is 2.12. The van der Waals surface area contributed by atoms with E-state index >= 15 is 0 Å². The first-order valence-corrected chi connectivity index (χ1v) is 9.45. The fourth-order valence-electron chi connectivity index (χ4n) is 2.81. The fourth-order valence-corrected chi connectivity index (χ4v) is 2.81. The maximum absolute atomic E-state index is 10.5. The van der Waals surface area contributed by atoms with Gasteiger partial charge in [-0.3, -0.25) is 4.79 Å². The molecular weight excluding hydrogens is 356 g/mol. The quantitative estimate of drug-likeness (QED) is 0.426. The zero-order valence-corrected chi connectivity index (χ0v) is 16.8. The summed E-state index contributed by atoms with van der Waals surface area (Å²) in [4.78, 5) is 10.5. The molecule has 0 spiro atoms. The number of rotatable bonds is 11. The predicted molar refractivity (Wildman–Crippen MR) is 110 cm³/mol. The summed E-state index contributed by atoms with van der Waals surface area (Å²) in [6, 6.07) is 9.09. The molecule has 0 amide bonds. The number of hydrogen-bond donors (Lipinski definition) is 1. The van der Waals surface area contributed by atoms with Crippen molar-refractivity contribution >= 4 is 12.0 Å². The summed E-state index contributed by atoms with van der Waals surface area (Å²) in [6.07, 6.45) is 2.41. The molecule has 2 aromatic carbocycles. The molecule has 0 radical (unpaired) electrons.